The molecule has 0 aliphatic carbocycles. The normalized spacial score (nSPS) is 19.7. The van der Waals surface area contributed by atoms with E-state index < -0.39 is 23.5 Å². The van der Waals surface area contributed by atoms with E-state index in [9.17, 15) is 19.1 Å². The highest BCUT2D eigenvalue weighted by atomic mass is 19.1. The van der Waals surface area contributed by atoms with Gasteiger partial charge in [-0.1, -0.05) is 19.4 Å². The smallest absolute Gasteiger partial charge is 0.295 e. The van der Waals surface area contributed by atoms with Gasteiger partial charge in [0, 0.05) is 12.1 Å². The molecule has 0 aromatic heterocycles. The minimum atomic E-state index is -0.771. The second-order valence-corrected chi connectivity index (χ2v) is 7.71. The molecule has 1 atom stereocenters. The molecule has 2 heterocycles. The maximum Gasteiger partial charge on any atom is 0.295 e. The summed E-state index contributed by atoms with van der Waals surface area (Å²) in [6.07, 6.45) is 1.55. The third kappa shape index (κ3) is 3.76. The number of hydrogen-bond acceptors (Lipinski definition) is 5. The molecule has 0 radical (unpaired) electrons. The topological polar surface area (TPSA) is 76.1 Å². The first-order valence-electron chi connectivity index (χ1n) is 10.4. The van der Waals surface area contributed by atoms with Crippen molar-refractivity contribution in [3.8, 4) is 11.5 Å². The van der Waals surface area contributed by atoms with Crippen LogP contribution in [0.4, 0.5) is 4.39 Å². The standard InChI is InChI=1S/C24H24FNO5/c1-3-4-9-26-21(15-6-8-18-19(13-15)31-11-10-30-18)20(23(28)24(26)29)22(27)16-5-7-17(25)14(2)12-16/h5-8,12-13,21,27H,3-4,9-11H2,1-2H3/b22-20-. The summed E-state index contributed by atoms with van der Waals surface area (Å²) in [5.74, 6) is -1.02. The number of benzene rings is 2. The van der Waals surface area contributed by atoms with Crippen molar-refractivity contribution >= 4 is 17.4 Å². The van der Waals surface area contributed by atoms with Crippen molar-refractivity contribution in [2.75, 3.05) is 19.8 Å². The molecule has 162 valence electrons. The van der Waals surface area contributed by atoms with E-state index in [-0.39, 0.29) is 16.9 Å². The number of amides is 1. The van der Waals surface area contributed by atoms with Crippen molar-refractivity contribution < 1.29 is 28.6 Å². The second-order valence-electron chi connectivity index (χ2n) is 7.71. The van der Waals surface area contributed by atoms with Crippen molar-refractivity contribution in [1.29, 1.82) is 0 Å². The molecule has 1 fully saturated rings. The molecule has 2 aromatic carbocycles. The number of unbranched alkanes of at least 4 members (excludes halogenated alkanes) is 1. The van der Waals surface area contributed by atoms with Crippen LogP contribution in [0.25, 0.3) is 5.76 Å². The highest BCUT2D eigenvalue weighted by Crippen LogP contribution is 2.42. The quantitative estimate of drug-likeness (QED) is 0.443. The van der Waals surface area contributed by atoms with E-state index in [1.54, 1.807) is 25.1 Å². The van der Waals surface area contributed by atoms with Crippen LogP contribution in [0, 0.1) is 12.7 Å². The molecule has 31 heavy (non-hydrogen) atoms. The number of ketones is 1. The first-order valence-corrected chi connectivity index (χ1v) is 10.4. The number of halogens is 1. The fraction of sp³-hybridized carbons (Fsp3) is 0.333. The number of aryl methyl sites for hydroxylation is 1. The highest BCUT2D eigenvalue weighted by molar-refractivity contribution is 6.46. The van der Waals surface area contributed by atoms with Crippen molar-refractivity contribution in [3.63, 3.8) is 0 Å². The van der Waals surface area contributed by atoms with Crippen LogP contribution in [-0.2, 0) is 9.59 Å². The molecule has 0 saturated carbocycles. The van der Waals surface area contributed by atoms with Gasteiger partial charge in [0.15, 0.2) is 11.5 Å². The lowest BCUT2D eigenvalue weighted by atomic mass is 9.94. The lowest BCUT2D eigenvalue weighted by Crippen LogP contribution is -2.30. The van der Waals surface area contributed by atoms with E-state index in [0.717, 1.165) is 6.42 Å². The molecule has 0 spiro atoms. The number of Topliss-reactive ketones (excluding diaryl/α,β-unsaturated/α-hetero) is 1. The maximum absolute atomic E-state index is 13.7. The largest absolute Gasteiger partial charge is 0.507 e. The monoisotopic (exact) mass is 425 g/mol. The number of carbonyl (C=O) groups is 2. The average molecular weight is 425 g/mol. The zero-order valence-corrected chi connectivity index (χ0v) is 17.5. The molecule has 0 bridgehead atoms. The van der Waals surface area contributed by atoms with E-state index in [1.165, 1.54) is 23.1 Å². The Kier molecular flexibility index (Phi) is 5.67. The van der Waals surface area contributed by atoms with Crippen LogP contribution in [0.2, 0.25) is 0 Å². The summed E-state index contributed by atoms with van der Waals surface area (Å²) >= 11 is 0. The molecule has 1 N–H and O–H groups in total. The first kappa shape index (κ1) is 20.9. The van der Waals surface area contributed by atoms with Gasteiger partial charge in [0.1, 0.15) is 24.8 Å². The van der Waals surface area contributed by atoms with Crippen molar-refractivity contribution in [2.45, 2.75) is 32.7 Å². The van der Waals surface area contributed by atoms with Gasteiger partial charge >= 0.3 is 0 Å². The molecule has 1 saturated heterocycles. The summed E-state index contributed by atoms with van der Waals surface area (Å²) in [7, 11) is 0. The van der Waals surface area contributed by atoms with Gasteiger partial charge in [-0.05, 0) is 54.8 Å². The van der Waals surface area contributed by atoms with Crippen LogP contribution in [0.5, 0.6) is 11.5 Å². The van der Waals surface area contributed by atoms with Crippen molar-refractivity contribution in [1.82, 2.24) is 4.90 Å². The summed E-state index contributed by atoms with van der Waals surface area (Å²) < 4.78 is 25.0. The molecule has 6 nitrogen and oxygen atoms in total. The average Bonchev–Trinajstić information content (AvgIpc) is 3.03. The second kappa shape index (κ2) is 8.41. The maximum atomic E-state index is 13.7. The summed E-state index contributed by atoms with van der Waals surface area (Å²) in [6, 6.07) is 8.58. The van der Waals surface area contributed by atoms with Crippen molar-refractivity contribution in [2.24, 2.45) is 0 Å². The highest BCUT2D eigenvalue weighted by Gasteiger charge is 2.46. The number of carbonyl (C=O) groups excluding carboxylic acids is 2. The van der Waals surface area contributed by atoms with Gasteiger partial charge in [0.2, 0.25) is 0 Å². The van der Waals surface area contributed by atoms with Crippen LogP contribution < -0.4 is 9.47 Å². The predicted octanol–water partition coefficient (Wildman–Crippen LogP) is 4.13. The summed E-state index contributed by atoms with van der Waals surface area (Å²) in [5, 5.41) is 11.0. The Hall–Kier alpha value is -3.35. The summed E-state index contributed by atoms with van der Waals surface area (Å²) in [6.45, 7) is 4.80. The fourth-order valence-electron chi connectivity index (χ4n) is 3.96. The number of fused-ring (bicyclic) bond motifs is 1. The number of likely N-dealkylation sites (tertiary alicyclic amines) is 1. The molecule has 4 rings (SSSR count). The van der Waals surface area contributed by atoms with Gasteiger partial charge in [-0.25, -0.2) is 4.39 Å². The summed E-state index contributed by atoms with van der Waals surface area (Å²) in [4.78, 5) is 27.3. The number of rotatable bonds is 5. The van der Waals surface area contributed by atoms with Gasteiger partial charge < -0.3 is 19.5 Å². The van der Waals surface area contributed by atoms with Gasteiger partial charge in [-0.2, -0.15) is 0 Å². The fourth-order valence-corrected chi connectivity index (χ4v) is 3.96. The third-order valence-electron chi connectivity index (χ3n) is 5.61. The van der Waals surface area contributed by atoms with Gasteiger partial charge in [-0.3, -0.25) is 9.59 Å². The Labute approximate surface area is 179 Å². The Balaban J connectivity index is 1.86. The lowest BCUT2D eigenvalue weighted by molar-refractivity contribution is -0.139. The Bertz CT molecular complexity index is 1080. The zero-order chi connectivity index (χ0) is 22.1. The van der Waals surface area contributed by atoms with Crippen LogP contribution in [0.1, 0.15) is 42.5 Å². The number of aliphatic hydroxyl groups is 1. The van der Waals surface area contributed by atoms with E-state index in [1.807, 2.05) is 6.92 Å². The van der Waals surface area contributed by atoms with Crippen LogP contribution in [0.3, 0.4) is 0 Å². The van der Waals surface area contributed by atoms with E-state index >= 15 is 0 Å². The van der Waals surface area contributed by atoms with Crippen LogP contribution in [-0.4, -0.2) is 41.5 Å². The van der Waals surface area contributed by atoms with E-state index in [2.05, 4.69) is 0 Å². The number of aliphatic hydroxyl groups excluding tert-OH is 1. The van der Waals surface area contributed by atoms with E-state index in [0.29, 0.717) is 48.8 Å². The third-order valence-corrected chi connectivity index (χ3v) is 5.61. The number of hydrogen-bond donors (Lipinski definition) is 1. The molecule has 2 aliphatic rings. The summed E-state index contributed by atoms with van der Waals surface area (Å²) in [5.41, 5.74) is 1.25. The predicted molar refractivity (Wildman–Crippen MR) is 112 cm³/mol. The van der Waals surface area contributed by atoms with Gasteiger partial charge in [0.25, 0.3) is 11.7 Å². The van der Waals surface area contributed by atoms with Crippen LogP contribution >= 0.6 is 0 Å². The Morgan fingerprint density at radius 3 is 2.58 bits per heavy atom. The molecule has 2 aromatic rings. The van der Waals surface area contributed by atoms with Gasteiger partial charge in [0.05, 0.1) is 11.6 Å². The van der Waals surface area contributed by atoms with E-state index in [4.69, 9.17) is 9.47 Å². The Morgan fingerprint density at radius 2 is 1.87 bits per heavy atom. The molecular weight excluding hydrogens is 401 g/mol. The lowest BCUT2D eigenvalue weighted by Gasteiger charge is -2.27. The SMILES string of the molecule is CCCCN1C(=O)C(=O)/C(=C(\O)c2ccc(F)c(C)c2)C1c1ccc2c(c1)OCCO2. The zero-order valence-electron chi connectivity index (χ0n) is 17.5. The van der Waals surface area contributed by atoms with Gasteiger partial charge in [-0.15, -0.1) is 0 Å². The minimum Gasteiger partial charge on any atom is -0.507 e. The molecular formula is C24H24FNO5. The molecule has 1 amide bonds. The van der Waals surface area contributed by atoms with Crippen LogP contribution in [0.15, 0.2) is 42.0 Å². The Morgan fingerprint density at radius 1 is 1.13 bits per heavy atom. The number of ether oxygens (including phenoxy) is 2. The number of nitrogens with zero attached hydrogens (tertiary/aromatic N) is 1. The molecule has 7 heteroatoms. The molecule has 2 aliphatic heterocycles. The van der Waals surface area contributed by atoms with Crippen molar-refractivity contribution in [3.05, 3.63) is 64.5 Å². The molecule has 1 unspecified atom stereocenters. The minimum absolute atomic E-state index is 0.0104. The first-order chi connectivity index (χ1) is 14.9.